The lowest BCUT2D eigenvalue weighted by atomic mass is 9.58. The number of hydrogen-bond acceptors (Lipinski definition) is 4. The summed E-state index contributed by atoms with van der Waals surface area (Å²) in [6.07, 6.45) is 6.28. The average molecular weight is 548 g/mol. The van der Waals surface area contributed by atoms with Crippen molar-refractivity contribution in [3.8, 4) is 0 Å². The Kier molecular flexibility index (Phi) is 7.78. The van der Waals surface area contributed by atoms with Crippen molar-refractivity contribution < 1.29 is 18.7 Å². The Labute approximate surface area is 226 Å². The van der Waals surface area contributed by atoms with Crippen molar-refractivity contribution in [1.29, 1.82) is 0 Å². The number of hydrazine groups is 1. The van der Waals surface area contributed by atoms with Gasteiger partial charge in [-0.15, -0.1) is 0 Å². The van der Waals surface area contributed by atoms with E-state index in [1.807, 2.05) is 4.90 Å². The fourth-order valence-corrected chi connectivity index (χ4v) is 6.21. The molecule has 0 aromatic heterocycles. The third-order valence-corrected chi connectivity index (χ3v) is 8.80. The van der Waals surface area contributed by atoms with Gasteiger partial charge in [0.2, 0.25) is 0 Å². The van der Waals surface area contributed by atoms with Gasteiger partial charge < -0.3 is 9.64 Å². The number of amides is 2. The molecule has 0 bridgehead atoms. The van der Waals surface area contributed by atoms with E-state index < -0.39 is 11.7 Å². The van der Waals surface area contributed by atoms with Crippen LogP contribution in [0.15, 0.2) is 30.3 Å². The number of piperidine rings is 1. The van der Waals surface area contributed by atoms with E-state index in [0.29, 0.717) is 40.7 Å². The zero-order valence-electron chi connectivity index (χ0n) is 20.9. The zero-order valence-corrected chi connectivity index (χ0v) is 22.4. The summed E-state index contributed by atoms with van der Waals surface area (Å²) in [4.78, 5) is 26.9. The van der Waals surface area contributed by atoms with Gasteiger partial charge in [0.05, 0.1) is 22.2 Å². The van der Waals surface area contributed by atoms with Crippen LogP contribution >= 0.6 is 23.2 Å². The minimum absolute atomic E-state index is 0.000722. The maximum atomic E-state index is 14.6. The lowest BCUT2D eigenvalue weighted by molar-refractivity contribution is -0.0491. The van der Waals surface area contributed by atoms with E-state index >= 15 is 0 Å². The molecule has 3 fully saturated rings. The zero-order chi connectivity index (χ0) is 26.2. The summed E-state index contributed by atoms with van der Waals surface area (Å²) in [6, 6.07) is 8.17. The normalized spacial score (nSPS) is 19.1. The van der Waals surface area contributed by atoms with Gasteiger partial charge in [0, 0.05) is 32.3 Å². The third-order valence-electron chi connectivity index (χ3n) is 8.06. The largest absolute Gasteiger partial charge is 0.376 e. The van der Waals surface area contributed by atoms with Crippen molar-refractivity contribution in [2.24, 2.45) is 11.3 Å². The van der Waals surface area contributed by atoms with Crippen LogP contribution < -0.4 is 10.9 Å². The molecule has 1 saturated heterocycles. The van der Waals surface area contributed by atoms with Crippen LogP contribution in [0.5, 0.6) is 0 Å². The number of benzene rings is 2. The van der Waals surface area contributed by atoms with Crippen LogP contribution in [0, 0.1) is 17.2 Å². The second kappa shape index (κ2) is 10.9. The summed E-state index contributed by atoms with van der Waals surface area (Å²) in [5.74, 6) is -0.142. The van der Waals surface area contributed by atoms with Crippen molar-refractivity contribution in [3.63, 3.8) is 0 Å². The van der Waals surface area contributed by atoms with Crippen LogP contribution in [0.3, 0.4) is 0 Å². The lowest BCUT2D eigenvalue weighted by Gasteiger charge is -2.52. The molecule has 5 rings (SSSR count). The van der Waals surface area contributed by atoms with E-state index in [1.54, 1.807) is 31.3 Å². The summed E-state index contributed by atoms with van der Waals surface area (Å²) in [7, 11) is 1.57. The smallest absolute Gasteiger partial charge is 0.268 e. The minimum Gasteiger partial charge on any atom is -0.376 e. The molecular formula is C28H32Cl2FN3O3. The number of carbonyl (C=O) groups is 2. The Bertz CT molecular complexity index is 1190. The molecule has 1 aliphatic heterocycles. The van der Waals surface area contributed by atoms with E-state index in [-0.39, 0.29) is 16.9 Å². The summed E-state index contributed by atoms with van der Waals surface area (Å²) >= 11 is 12.1. The van der Waals surface area contributed by atoms with Crippen molar-refractivity contribution in [3.05, 3.63) is 68.4 Å². The van der Waals surface area contributed by atoms with E-state index in [0.717, 1.165) is 62.7 Å². The Balaban J connectivity index is 1.10. The number of hydrogen-bond donors (Lipinski definition) is 2. The Hall–Kier alpha value is -2.19. The molecule has 9 heteroatoms. The van der Waals surface area contributed by atoms with E-state index in [9.17, 15) is 14.0 Å². The predicted molar refractivity (Wildman–Crippen MR) is 141 cm³/mol. The maximum absolute atomic E-state index is 14.6. The topological polar surface area (TPSA) is 70.7 Å². The average Bonchev–Trinajstić information content (AvgIpc) is 3.70. The van der Waals surface area contributed by atoms with Gasteiger partial charge in [-0.05, 0) is 97.2 Å². The number of likely N-dealkylation sites (tertiary alicyclic amines) is 1. The number of ether oxygens (including phenoxy) is 1. The van der Waals surface area contributed by atoms with Crippen molar-refractivity contribution in [2.75, 3.05) is 26.7 Å². The van der Waals surface area contributed by atoms with Gasteiger partial charge in [-0.1, -0.05) is 23.2 Å². The fraction of sp³-hybridized carbons (Fsp3) is 0.500. The fourth-order valence-electron chi connectivity index (χ4n) is 5.91. The number of nitrogens with one attached hydrogen (secondary N) is 2. The highest BCUT2D eigenvalue weighted by Crippen LogP contribution is 2.53. The third kappa shape index (κ3) is 5.80. The molecule has 0 radical (unpaired) electrons. The molecule has 2 aromatic rings. The van der Waals surface area contributed by atoms with Crippen LogP contribution in [0.25, 0.3) is 0 Å². The predicted octanol–water partition coefficient (Wildman–Crippen LogP) is 5.72. The molecular weight excluding hydrogens is 516 g/mol. The monoisotopic (exact) mass is 547 g/mol. The molecule has 37 heavy (non-hydrogen) atoms. The number of halogens is 3. The van der Waals surface area contributed by atoms with E-state index in [2.05, 4.69) is 10.9 Å². The molecule has 3 aliphatic rings. The quantitative estimate of drug-likeness (QED) is 0.414. The van der Waals surface area contributed by atoms with Gasteiger partial charge in [0.1, 0.15) is 5.82 Å². The number of carbonyl (C=O) groups excluding carboxylic acids is 2. The first-order valence-electron chi connectivity index (χ1n) is 12.9. The second-order valence-corrected chi connectivity index (χ2v) is 11.5. The van der Waals surface area contributed by atoms with Gasteiger partial charge in [-0.3, -0.25) is 15.0 Å². The number of nitrogens with zero attached hydrogens (tertiary/aromatic N) is 1. The SMILES string of the molecule is CNNC(=O)c1cc(C2CC2)c(COCC2CC3(CCN(C(=O)c4ccc(Cl)c(Cl)c4)CC3)C2)cc1F. The molecule has 2 N–H and O–H groups in total. The molecule has 1 heterocycles. The Morgan fingerprint density at radius 1 is 1.11 bits per heavy atom. The molecule has 2 saturated carbocycles. The summed E-state index contributed by atoms with van der Waals surface area (Å²) in [5.41, 5.74) is 7.77. The van der Waals surface area contributed by atoms with Crippen molar-refractivity contribution >= 4 is 35.0 Å². The van der Waals surface area contributed by atoms with Gasteiger partial charge in [-0.2, -0.15) is 0 Å². The molecule has 6 nitrogen and oxygen atoms in total. The van der Waals surface area contributed by atoms with Gasteiger partial charge in [0.25, 0.3) is 11.8 Å². The van der Waals surface area contributed by atoms with Crippen LogP contribution in [0.4, 0.5) is 4.39 Å². The molecule has 0 unspecified atom stereocenters. The van der Waals surface area contributed by atoms with E-state index in [4.69, 9.17) is 27.9 Å². The highest BCUT2D eigenvalue weighted by molar-refractivity contribution is 6.42. The Morgan fingerprint density at radius 3 is 2.49 bits per heavy atom. The Morgan fingerprint density at radius 2 is 1.84 bits per heavy atom. The van der Waals surface area contributed by atoms with Crippen LogP contribution in [-0.4, -0.2) is 43.5 Å². The first-order valence-corrected chi connectivity index (χ1v) is 13.7. The first-order chi connectivity index (χ1) is 17.8. The molecule has 2 aromatic carbocycles. The lowest BCUT2D eigenvalue weighted by Crippen LogP contribution is -2.49. The molecule has 2 aliphatic carbocycles. The van der Waals surface area contributed by atoms with Crippen molar-refractivity contribution in [1.82, 2.24) is 15.8 Å². The maximum Gasteiger partial charge on any atom is 0.268 e. The molecule has 1 spiro atoms. The summed E-state index contributed by atoms with van der Waals surface area (Å²) < 4.78 is 20.7. The van der Waals surface area contributed by atoms with Gasteiger partial charge in [-0.25, -0.2) is 9.82 Å². The number of rotatable bonds is 8. The summed E-state index contributed by atoms with van der Waals surface area (Å²) in [5, 5.41) is 0.839. The van der Waals surface area contributed by atoms with Gasteiger partial charge >= 0.3 is 0 Å². The van der Waals surface area contributed by atoms with Crippen molar-refractivity contribution in [2.45, 2.75) is 51.0 Å². The van der Waals surface area contributed by atoms with Gasteiger partial charge in [0.15, 0.2) is 0 Å². The van der Waals surface area contributed by atoms with Crippen LogP contribution in [0.1, 0.15) is 76.3 Å². The summed E-state index contributed by atoms with van der Waals surface area (Å²) in [6.45, 7) is 2.47. The van der Waals surface area contributed by atoms with E-state index in [1.165, 1.54) is 6.07 Å². The second-order valence-electron chi connectivity index (χ2n) is 10.7. The standard InChI is InChI=1S/C28H32Cl2FN3O3/c1-32-33-26(35)22-12-21(18-2-3-18)20(11-25(22)31)16-37-15-17-13-28(14-17)6-8-34(9-7-28)27(36)19-4-5-23(29)24(30)10-19/h4-5,10-12,17-18,32H,2-3,6-9,13-16H2,1H3,(H,33,35). The highest BCUT2D eigenvalue weighted by Gasteiger charge is 2.46. The van der Waals surface area contributed by atoms with Crippen LogP contribution in [0.2, 0.25) is 10.0 Å². The minimum atomic E-state index is -0.527. The molecule has 0 atom stereocenters. The van der Waals surface area contributed by atoms with Crippen LogP contribution in [-0.2, 0) is 11.3 Å². The molecule has 2 amide bonds. The first kappa shape index (κ1) is 26.4. The molecule has 198 valence electrons. The highest BCUT2D eigenvalue weighted by atomic mass is 35.5.